The van der Waals surface area contributed by atoms with Gasteiger partial charge in [0.15, 0.2) is 12.4 Å². The molecule has 1 amide bonds. The first kappa shape index (κ1) is 18.4. The molecule has 0 aliphatic rings. The fraction of sp³-hybridized carbons (Fsp3) is 0.250. The number of amides is 1. The Morgan fingerprint density at radius 1 is 1.07 bits per heavy atom. The summed E-state index contributed by atoms with van der Waals surface area (Å²) in [6.45, 7) is 4.27. The van der Waals surface area contributed by atoms with Gasteiger partial charge in [0.2, 0.25) is 0 Å². The van der Waals surface area contributed by atoms with Gasteiger partial charge < -0.3 is 19.3 Å². The van der Waals surface area contributed by atoms with Gasteiger partial charge in [-0.25, -0.2) is 0 Å². The quantitative estimate of drug-likeness (QED) is 0.653. The van der Waals surface area contributed by atoms with E-state index in [1.807, 2.05) is 38.1 Å². The maximum Gasteiger partial charge on any atom is 0.262 e. The van der Waals surface area contributed by atoms with Crippen molar-refractivity contribution in [2.75, 3.05) is 18.5 Å². The second kappa shape index (κ2) is 8.84. The van der Waals surface area contributed by atoms with Crippen LogP contribution in [-0.2, 0) is 11.2 Å². The second-order valence-corrected chi connectivity index (χ2v) is 5.66. The molecular weight excluding hydrogens is 346 g/mol. The lowest BCUT2D eigenvalue weighted by molar-refractivity contribution is -0.118. The van der Waals surface area contributed by atoms with Crippen LogP contribution < -0.4 is 14.8 Å². The molecule has 0 aliphatic carbocycles. The molecule has 27 heavy (non-hydrogen) atoms. The zero-order valence-corrected chi connectivity index (χ0v) is 15.3. The van der Waals surface area contributed by atoms with Crippen LogP contribution in [0.1, 0.15) is 19.7 Å². The Kier molecular flexibility index (Phi) is 6.04. The second-order valence-electron chi connectivity index (χ2n) is 5.66. The topological polar surface area (TPSA) is 86.5 Å². The first-order valence-corrected chi connectivity index (χ1v) is 8.77. The molecule has 0 spiro atoms. The Labute approximate surface area is 157 Å². The molecule has 7 heteroatoms. The van der Waals surface area contributed by atoms with Crippen LogP contribution in [0.3, 0.4) is 0 Å². The Balaban J connectivity index is 1.56. The third-order valence-electron chi connectivity index (χ3n) is 3.72. The number of nitrogens with one attached hydrogen (secondary N) is 1. The average molecular weight is 367 g/mol. The van der Waals surface area contributed by atoms with E-state index in [1.54, 1.807) is 24.3 Å². The van der Waals surface area contributed by atoms with Crippen molar-refractivity contribution >= 4 is 11.6 Å². The van der Waals surface area contributed by atoms with Gasteiger partial charge >= 0.3 is 0 Å². The van der Waals surface area contributed by atoms with Crippen LogP contribution in [0.2, 0.25) is 0 Å². The number of anilines is 1. The summed E-state index contributed by atoms with van der Waals surface area (Å²) in [6, 6.07) is 14.4. The first-order valence-electron chi connectivity index (χ1n) is 8.77. The van der Waals surface area contributed by atoms with Gasteiger partial charge in [0.25, 0.3) is 11.8 Å². The summed E-state index contributed by atoms with van der Waals surface area (Å²) in [6.07, 6.45) is 0.715. The predicted octanol–water partition coefficient (Wildman–Crippen LogP) is 3.72. The monoisotopic (exact) mass is 367 g/mol. The Hall–Kier alpha value is -3.35. The van der Waals surface area contributed by atoms with Crippen molar-refractivity contribution in [2.24, 2.45) is 0 Å². The third kappa shape index (κ3) is 4.84. The van der Waals surface area contributed by atoms with E-state index in [4.69, 9.17) is 14.0 Å². The fourth-order valence-corrected chi connectivity index (χ4v) is 2.40. The first-order chi connectivity index (χ1) is 13.2. The van der Waals surface area contributed by atoms with Gasteiger partial charge in [0, 0.05) is 12.0 Å². The summed E-state index contributed by atoms with van der Waals surface area (Å²) in [4.78, 5) is 16.4. The maximum atomic E-state index is 12.1. The predicted molar refractivity (Wildman–Crippen MR) is 101 cm³/mol. The van der Waals surface area contributed by atoms with E-state index >= 15 is 0 Å². The van der Waals surface area contributed by atoms with Crippen LogP contribution >= 0.6 is 0 Å². The summed E-state index contributed by atoms with van der Waals surface area (Å²) in [7, 11) is 0. The molecular formula is C20H21N3O4. The molecule has 0 aliphatic heterocycles. The van der Waals surface area contributed by atoms with Crippen LogP contribution in [0.5, 0.6) is 11.5 Å². The van der Waals surface area contributed by atoms with E-state index in [-0.39, 0.29) is 12.5 Å². The van der Waals surface area contributed by atoms with Gasteiger partial charge in [-0.15, -0.1) is 0 Å². The summed E-state index contributed by atoms with van der Waals surface area (Å²) in [5.41, 5.74) is 1.41. The van der Waals surface area contributed by atoms with Crippen LogP contribution in [0.15, 0.2) is 53.1 Å². The Morgan fingerprint density at radius 2 is 1.85 bits per heavy atom. The molecule has 0 atom stereocenters. The number of para-hydroxylation sites is 2. The number of carbonyl (C=O) groups excluding carboxylic acids is 1. The van der Waals surface area contributed by atoms with Crippen LogP contribution in [0.25, 0.3) is 11.5 Å². The number of carbonyl (C=O) groups is 1. The highest BCUT2D eigenvalue weighted by Crippen LogP contribution is 2.24. The average Bonchev–Trinajstić information content (AvgIpc) is 3.18. The molecule has 0 bridgehead atoms. The number of benzene rings is 2. The minimum Gasteiger partial charge on any atom is -0.492 e. The number of ether oxygens (including phenoxy) is 2. The van der Waals surface area contributed by atoms with Crippen molar-refractivity contribution in [1.29, 1.82) is 0 Å². The van der Waals surface area contributed by atoms with Gasteiger partial charge in [-0.05, 0) is 43.3 Å². The molecule has 1 heterocycles. The van der Waals surface area contributed by atoms with E-state index in [0.29, 0.717) is 41.9 Å². The SMILES string of the molecule is CCOc1ccccc1NC(=O)COc1ccc(-c2nc(CC)no2)cc1. The van der Waals surface area contributed by atoms with Gasteiger partial charge in [-0.3, -0.25) is 4.79 Å². The molecule has 1 N–H and O–H groups in total. The highest BCUT2D eigenvalue weighted by atomic mass is 16.5. The van der Waals surface area contributed by atoms with Gasteiger partial charge in [-0.2, -0.15) is 4.98 Å². The van der Waals surface area contributed by atoms with Crippen molar-refractivity contribution in [3.05, 3.63) is 54.4 Å². The Bertz CT molecular complexity index is 890. The molecule has 0 radical (unpaired) electrons. The molecule has 0 fully saturated rings. The number of hydrogen-bond donors (Lipinski definition) is 1. The van der Waals surface area contributed by atoms with Crippen molar-refractivity contribution < 1.29 is 18.8 Å². The summed E-state index contributed by atoms with van der Waals surface area (Å²) in [5, 5.41) is 6.66. The van der Waals surface area contributed by atoms with Gasteiger partial charge in [-0.1, -0.05) is 24.2 Å². The van der Waals surface area contributed by atoms with E-state index in [9.17, 15) is 4.79 Å². The standard InChI is InChI=1S/C20H21N3O4/c1-3-18-22-20(27-23-18)14-9-11-15(12-10-14)26-13-19(24)21-16-7-5-6-8-17(16)25-4-2/h5-12H,3-4,13H2,1-2H3,(H,21,24). The van der Waals surface area contributed by atoms with Gasteiger partial charge in [0.1, 0.15) is 11.5 Å². The lowest BCUT2D eigenvalue weighted by Gasteiger charge is -2.11. The third-order valence-corrected chi connectivity index (χ3v) is 3.72. The summed E-state index contributed by atoms with van der Waals surface area (Å²) in [5.74, 6) is 2.06. The largest absolute Gasteiger partial charge is 0.492 e. The lowest BCUT2D eigenvalue weighted by Crippen LogP contribution is -2.20. The molecule has 0 saturated carbocycles. The number of hydrogen-bond acceptors (Lipinski definition) is 6. The maximum absolute atomic E-state index is 12.1. The summed E-state index contributed by atoms with van der Waals surface area (Å²) < 4.78 is 16.2. The zero-order chi connectivity index (χ0) is 19.1. The molecule has 2 aromatic carbocycles. The van der Waals surface area contributed by atoms with E-state index < -0.39 is 0 Å². The van der Waals surface area contributed by atoms with Crippen molar-refractivity contribution in [3.8, 4) is 23.0 Å². The fourth-order valence-electron chi connectivity index (χ4n) is 2.40. The minimum absolute atomic E-state index is 0.111. The zero-order valence-electron chi connectivity index (χ0n) is 15.3. The minimum atomic E-state index is -0.268. The van der Waals surface area contributed by atoms with Crippen molar-refractivity contribution in [2.45, 2.75) is 20.3 Å². The highest BCUT2D eigenvalue weighted by molar-refractivity contribution is 5.93. The lowest BCUT2D eigenvalue weighted by atomic mass is 10.2. The number of aromatic nitrogens is 2. The molecule has 3 rings (SSSR count). The van der Waals surface area contributed by atoms with E-state index in [2.05, 4.69) is 15.5 Å². The highest BCUT2D eigenvalue weighted by Gasteiger charge is 2.10. The normalized spacial score (nSPS) is 10.4. The molecule has 140 valence electrons. The van der Waals surface area contributed by atoms with E-state index in [1.165, 1.54) is 0 Å². The molecule has 7 nitrogen and oxygen atoms in total. The van der Waals surface area contributed by atoms with Crippen molar-refractivity contribution in [1.82, 2.24) is 10.1 Å². The van der Waals surface area contributed by atoms with Crippen LogP contribution in [0.4, 0.5) is 5.69 Å². The van der Waals surface area contributed by atoms with Crippen LogP contribution in [-0.4, -0.2) is 29.3 Å². The number of aryl methyl sites for hydroxylation is 1. The summed E-state index contributed by atoms with van der Waals surface area (Å²) >= 11 is 0. The Morgan fingerprint density at radius 3 is 2.56 bits per heavy atom. The molecule has 0 unspecified atom stereocenters. The van der Waals surface area contributed by atoms with E-state index in [0.717, 1.165) is 5.56 Å². The number of nitrogens with zero attached hydrogens (tertiary/aromatic N) is 2. The van der Waals surface area contributed by atoms with Gasteiger partial charge in [0.05, 0.1) is 12.3 Å². The van der Waals surface area contributed by atoms with Crippen molar-refractivity contribution in [3.63, 3.8) is 0 Å². The molecule has 3 aromatic rings. The molecule has 1 aromatic heterocycles. The van der Waals surface area contributed by atoms with Crippen LogP contribution in [0, 0.1) is 0 Å². The smallest absolute Gasteiger partial charge is 0.262 e. The molecule has 0 saturated heterocycles. The number of rotatable bonds is 8.